The van der Waals surface area contributed by atoms with Gasteiger partial charge < -0.3 is 10.6 Å². The molecule has 0 radical (unpaired) electrons. The van der Waals surface area contributed by atoms with Crippen LogP contribution in [0.5, 0.6) is 0 Å². The molecule has 0 bridgehead atoms. The average molecular weight is 235 g/mol. The summed E-state index contributed by atoms with van der Waals surface area (Å²) in [5.41, 5.74) is 0. The van der Waals surface area contributed by atoms with Crippen molar-refractivity contribution in [2.75, 3.05) is 6.54 Å². The summed E-state index contributed by atoms with van der Waals surface area (Å²) in [6.07, 6.45) is 3.40. The Morgan fingerprint density at radius 2 is 2.29 bits per heavy atom. The summed E-state index contributed by atoms with van der Waals surface area (Å²) in [5.74, 6) is -1.56. The summed E-state index contributed by atoms with van der Waals surface area (Å²) in [7, 11) is 0. The molecule has 0 spiro atoms. The molecule has 0 aliphatic carbocycles. The Morgan fingerprint density at radius 3 is 2.88 bits per heavy atom. The second-order valence-corrected chi connectivity index (χ2v) is 3.44. The van der Waals surface area contributed by atoms with E-state index in [0.29, 0.717) is 6.54 Å². The van der Waals surface area contributed by atoms with Crippen molar-refractivity contribution in [1.29, 1.82) is 5.26 Å². The molecule has 1 heterocycles. The average Bonchev–Trinajstić information content (AvgIpc) is 2.78. The molecule has 1 aromatic rings. The van der Waals surface area contributed by atoms with Gasteiger partial charge in [-0.3, -0.25) is 14.3 Å². The minimum Gasteiger partial charge on any atom is -0.344 e. The molecule has 0 aliphatic rings. The highest BCUT2D eigenvalue weighted by Crippen LogP contribution is 1.90. The van der Waals surface area contributed by atoms with Crippen molar-refractivity contribution in [1.82, 2.24) is 20.4 Å². The molecule has 1 rings (SSSR count). The number of amides is 2. The maximum absolute atomic E-state index is 11.3. The molecule has 0 saturated heterocycles. The molecule has 7 nitrogen and oxygen atoms in total. The lowest BCUT2D eigenvalue weighted by atomic mass is 10.3. The first-order valence-corrected chi connectivity index (χ1v) is 5.06. The van der Waals surface area contributed by atoms with Gasteiger partial charge in [0.15, 0.2) is 0 Å². The van der Waals surface area contributed by atoms with E-state index in [1.165, 1.54) is 0 Å². The van der Waals surface area contributed by atoms with Crippen LogP contribution in [0.25, 0.3) is 0 Å². The summed E-state index contributed by atoms with van der Waals surface area (Å²) < 4.78 is 1.65. The molecule has 1 atom stereocenters. The number of hydrogen-bond acceptors (Lipinski definition) is 4. The second-order valence-electron chi connectivity index (χ2n) is 3.44. The van der Waals surface area contributed by atoms with Crippen molar-refractivity contribution in [3.8, 4) is 6.07 Å². The van der Waals surface area contributed by atoms with Crippen molar-refractivity contribution >= 4 is 11.8 Å². The van der Waals surface area contributed by atoms with Gasteiger partial charge in [0.05, 0.1) is 12.6 Å². The van der Waals surface area contributed by atoms with Crippen LogP contribution in [0.15, 0.2) is 18.5 Å². The molecule has 0 aromatic carbocycles. The van der Waals surface area contributed by atoms with E-state index in [1.54, 1.807) is 36.1 Å². The molecular formula is C10H13N5O2. The largest absolute Gasteiger partial charge is 0.344 e. The van der Waals surface area contributed by atoms with Crippen LogP contribution in [-0.4, -0.2) is 34.2 Å². The molecule has 7 heteroatoms. The highest BCUT2D eigenvalue weighted by atomic mass is 16.2. The van der Waals surface area contributed by atoms with Crippen LogP contribution in [-0.2, 0) is 16.1 Å². The molecule has 1 unspecified atom stereocenters. The topological polar surface area (TPSA) is 99.8 Å². The fourth-order valence-corrected chi connectivity index (χ4v) is 1.22. The number of carbonyl (C=O) groups is 2. The standard InChI is InChI=1S/C10H13N5O2/c1-8(7-15-6-2-4-13-15)14-10(17)9(16)12-5-3-11/h2,4,6,8H,5,7H2,1H3,(H,12,16)(H,14,17). The number of nitrogens with zero attached hydrogens (tertiary/aromatic N) is 3. The quantitative estimate of drug-likeness (QED) is 0.518. The van der Waals surface area contributed by atoms with E-state index in [0.717, 1.165) is 0 Å². The fourth-order valence-electron chi connectivity index (χ4n) is 1.22. The third-order valence-electron chi connectivity index (χ3n) is 1.93. The highest BCUT2D eigenvalue weighted by Gasteiger charge is 2.15. The third kappa shape index (κ3) is 4.34. The Balaban J connectivity index is 2.35. The number of nitrogens with one attached hydrogen (secondary N) is 2. The lowest BCUT2D eigenvalue weighted by molar-refractivity contribution is -0.139. The van der Waals surface area contributed by atoms with Crippen molar-refractivity contribution in [3.05, 3.63) is 18.5 Å². The van der Waals surface area contributed by atoms with Gasteiger partial charge in [-0.15, -0.1) is 0 Å². The first-order chi connectivity index (χ1) is 8.13. The summed E-state index contributed by atoms with van der Waals surface area (Å²) in [4.78, 5) is 22.5. The molecule has 2 amide bonds. The highest BCUT2D eigenvalue weighted by molar-refractivity contribution is 6.35. The third-order valence-corrected chi connectivity index (χ3v) is 1.93. The predicted molar refractivity (Wildman–Crippen MR) is 58.5 cm³/mol. The summed E-state index contributed by atoms with van der Waals surface area (Å²) in [6.45, 7) is 2.06. The Hall–Kier alpha value is -2.36. The number of nitriles is 1. The van der Waals surface area contributed by atoms with Crippen molar-refractivity contribution in [2.45, 2.75) is 19.5 Å². The molecule has 90 valence electrons. The van der Waals surface area contributed by atoms with Crippen LogP contribution in [0.1, 0.15) is 6.92 Å². The maximum Gasteiger partial charge on any atom is 0.310 e. The van der Waals surface area contributed by atoms with E-state index in [1.807, 2.05) is 0 Å². The van der Waals surface area contributed by atoms with Gasteiger partial charge in [0, 0.05) is 18.4 Å². The molecule has 0 aliphatic heterocycles. The van der Waals surface area contributed by atoms with Gasteiger partial charge in [-0.2, -0.15) is 10.4 Å². The number of aromatic nitrogens is 2. The second kappa shape index (κ2) is 6.27. The van der Waals surface area contributed by atoms with Crippen LogP contribution in [0.2, 0.25) is 0 Å². The van der Waals surface area contributed by atoms with Crippen LogP contribution in [0.4, 0.5) is 0 Å². The van der Waals surface area contributed by atoms with Gasteiger partial charge >= 0.3 is 11.8 Å². The Kier molecular flexibility index (Phi) is 4.69. The van der Waals surface area contributed by atoms with Crippen molar-refractivity contribution in [3.63, 3.8) is 0 Å². The zero-order chi connectivity index (χ0) is 12.7. The van der Waals surface area contributed by atoms with Crippen LogP contribution >= 0.6 is 0 Å². The molecular weight excluding hydrogens is 222 g/mol. The first kappa shape index (κ1) is 12.7. The van der Waals surface area contributed by atoms with Gasteiger partial charge in [0.1, 0.15) is 6.54 Å². The van der Waals surface area contributed by atoms with E-state index in [-0.39, 0.29) is 12.6 Å². The zero-order valence-corrected chi connectivity index (χ0v) is 9.38. The monoisotopic (exact) mass is 235 g/mol. The van der Waals surface area contributed by atoms with Crippen LogP contribution in [0, 0.1) is 11.3 Å². The van der Waals surface area contributed by atoms with Gasteiger partial charge in [-0.05, 0) is 13.0 Å². The lowest BCUT2D eigenvalue weighted by Crippen LogP contribution is -2.45. The maximum atomic E-state index is 11.3. The fraction of sp³-hybridized carbons (Fsp3) is 0.400. The molecule has 17 heavy (non-hydrogen) atoms. The predicted octanol–water partition coefficient (Wildman–Crippen LogP) is -0.972. The zero-order valence-electron chi connectivity index (χ0n) is 9.38. The van der Waals surface area contributed by atoms with E-state index < -0.39 is 11.8 Å². The first-order valence-electron chi connectivity index (χ1n) is 5.06. The van der Waals surface area contributed by atoms with Gasteiger partial charge in [-0.1, -0.05) is 0 Å². The summed E-state index contributed by atoms with van der Waals surface area (Å²) in [6, 6.07) is 3.26. The number of carbonyl (C=O) groups excluding carboxylic acids is 2. The Bertz CT molecular complexity index is 420. The van der Waals surface area contributed by atoms with Gasteiger partial charge in [0.2, 0.25) is 0 Å². The van der Waals surface area contributed by atoms with E-state index >= 15 is 0 Å². The normalized spacial score (nSPS) is 11.3. The minimum absolute atomic E-state index is 0.181. The van der Waals surface area contributed by atoms with E-state index in [4.69, 9.17) is 5.26 Å². The minimum atomic E-state index is -0.807. The van der Waals surface area contributed by atoms with Crippen molar-refractivity contribution in [2.24, 2.45) is 0 Å². The van der Waals surface area contributed by atoms with Gasteiger partial charge in [0.25, 0.3) is 0 Å². The lowest BCUT2D eigenvalue weighted by Gasteiger charge is -2.13. The summed E-state index contributed by atoms with van der Waals surface area (Å²) in [5, 5.41) is 16.9. The number of hydrogen-bond donors (Lipinski definition) is 2. The SMILES string of the molecule is CC(Cn1cccn1)NC(=O)C(=O)NCC#N. The van der Waals surface area contributed by atoms with Crippen LogP contribution < -0.4 is 10.6 Å². The molecule has 0 fully saturated rings. The summed E-state index contributed by atoms with van der Waals surface area (Å²) >= 11 is 0. The van der Waals surface area contributed by atoms with Gasteiger partial charge in [-0.25, -0.2) is 0 Å². The molecule has 0 saturated carbocycles. The van der Waals surface area contributed by atoms with E-state index in [9.17, 15) is 9.59 Å². The Labute approximate surface area is 98.4 Å². The molecule has 2 N–H and O–H groups in total. The smallest absolute Gasteiger partial charge is 0.310 e. The Morgan fingerprint density at radius 1 is 1.53 bits per heavy atom. The number of rotatable bonds is 4. The van der Waals surface area contributed by atoms with E-state index in [2.05, 4.69) is 15.7 Å². The molecule has 1 aromatic heterocycles. The van der Waals surface area contributed by atoms with Crippen molar-refractivity contribution < 1.29 is 9.59 Å². The van der Waals surface area contributed by atoms with Crippen LogP contribution in [0.3, 0.4) is 0 Å².